The van der Waals surface area contributed by atoms with Crippen molar-refractivity contribution in [1.29, 1.82) is 0 Å². The van der Waals surface area contributed by atoms with Crippen LogP contribution in [0.2, 0.25) is 0 Å². The third kappa shape index (κ3) is 3.14. The van der Waals surface area contributed by atoms with Gasteiger partial charge < -0.3 is 5.32 Å². The molecule has 0 aliphatic heterocycles. The van der Waals surface area contributed by atoms with Crippen LogP contribution in [0, 0.1) is 12.8 Å². The topological polar surface area (TPSA) is 12.0 Å². The highest BCUT2D eigenvalue weighted by molar-refractivity contribution is 5.28. The summed E-state index contributed by atoms with van der Waals surface area (Å²) in [5.41, 5.74) is 2.86. The van der Waals surface area contributed by atoms with Crippen LogP contribution in [0.25, 0.3) is 0 Å². The average molecular weight is 245 g/mol. The molecule has 2 unspecified atom stereocenters. The molecule has 1 aliphatic carbocycles. The fourth-order valence-electron chi connectivity index (χ4n) is 3.40. The highest BCUT2D eigenvalue weighted by Gasteiger charge is 2.25. The van der Waals surface area contributed by atoms with E-state index in [4.69, 9.17) is 0 Å². The first-order valence-corrected chi connectivity index (χ1v) is 7.54. The summed E-state index contributed by atoms with van der Waals surface area (Å²) in [6.45, 7) is 6.86. The summed E-state index contributed by atoms with van der Waals surface area (Å²) in [4.78, 5) is 0. The van der Waals surface area contributed by atoms with Gasteiger partial charge in [-0.25, -0.2) is 0 Å². The molecule has 0 radical (unpaired) electrons. The number of hydrogen-bond acceptors (Lipinski definition) is 1. The Kier molecular flexibility index (Phi) is 4.82. The molecule has 3 atom stereocenters. The fourth-order valence-corrected chi connectivity index (χ4v) is 3.40. The van der Waals surface area contributed by atoms with Crippen LogP contribution in [0.4, 0.5) is 0 Å². The molecule has 0 bridgehead atoms. The number of nitrogens with one attached hydrogen (secondary N) is 1. The van der Waals surface area contributed by atoms with Gasteiger partial charge in [0.15, 0.2) is 0 Å². The normalized spacial score (nSPS) is 25.9. The van der Waals surface area contributed by atoms with Crippen molar-refractivity contribution < 1.29 is 0 Å². The third-order valence-electron chi connectivity index (χ3n) is 4.55. The SMILES string of the molecule is CCC1CCCCC1N[C@H](C)c1ccccc1C. The van der Waals surface area contributed by atoms with Gasteiger partial charge in [0.25, 0.3) is 0 Å². The lowest BCUT2D eigenvalue weighted by atomic mass is 9.82. The molecule has 1 N–H and O–H groups in total. The molecule has 1 saturated carbocycles. The fraction of sp³-hybridized carbons (Fsp3) is 0.647. The molecule has 1 aliphatic rings. The Labute approximate surface area is 112 Å². The number of benzene rings is 1. The zero-order chi connectivity index (χ0) is 13.0. The molecule has 18 heavy (non-hydrogen) atoms. The second-order valence-corrected chi connectivity index (χ2v) is 5.80. The number of rotatable bonds is 4. The van der Waals surface area contributed by atoms with Crippen molar-refractivity contribution in [1.82, 2.24) is 5.32 Å². The summed E-state index contributed by atoms with van der Waals surface area (Å²) in [6, 6.07) is 9.95. The summed E-state index contributed by atoms with van der Waals surface area (Å²) in [6.07, 6.45) is 6.91. The molecular formula is C17H27N. The smallest absolute Gasteiger partial charge is 0.0297 e. The molecule has 0 heterocycles. The van der Waals surface area contributed by atoms with E-state index < -0.39 is 0 Å². The van der Waals surface area contributed by atoms with Crippen molar-refractivity contribution in [2.75, 3.05) is 0 Å². The van der Waals surface area contributed by atoms with Crippen LogP contribution in [0.1, 0.15) is 63.1 Å². The van der Waals surface area contributed by atoms with E-state index in [2.05, 4.69) is 50.4 Å². The van der Waals surface area contributed by atoms with E-state index >= 15 is 0 Å². The van der Waals surface area contributed by atoms with E-state index in [1.165, 1.54) is 43.2 Å². The maximum atomic E-state index is 3.88. The molecule has 1 aromatic rings. The number of aryl methyl sites for hydroxylation is 1. The summed E-state index contributed by atoms with van der Waals surface area (Å²) in [7, 11) is 0. The van der Waals surface area contributed by atoms with Crippen molar-refractivity contribution in [3.8, 4) is 0 Å². The number of hydrogen-bond donors (Lipinski definition) is 1. The predicted octanol–water partition coefficient (Wildman–Crippen LogP) is 4.61. The molecule has 0 spiro atoms. The average Bonchev–Trinajstić information content (AvgIpc) is 2.39. The lowest BCUT2D eigenvalue weighted by molar-refractivity contribution is 0.240. The molecule has 1 aromatic carbocycles. The summed E-state index contributed by atoms with van der Waals surface area (Å²) >= 11 is 0. The molecular weight excluding hydrogens is 218 g/mol. The second-order valence-electron chi connectivity index (χ2n) is 5.80. The van der Waals surface area contributed by atoms with Crippen LogP contribution in [0.15, 0.2) is 24.3 Å². The van der Waals surface area contributed by atoms with Crippen molar-refractivity contribution in [2.24, 2.45) is 5.92 Å². The van der Waals surface area contributed by atoms with Crippen molar-refractivity contribution in [3.63, 3.8) is 0 Å². The quantitative estimate of drug-likeness (QED) is 0.816. The monoisotopic (exact) mass is 245 g/mol. The van der Waals surface area contributed by atoms with E-state index in [1.54, 1.807) is 0 Å². The minimum Gasteiger partial charge on any atom is -0.307 e. The van der Waals surface area contributed by atoms with Crippen molar-refractivity contribution in [3.05, 3.63) is 35.4 Å². The Morgan fingerprint density at radius 2 is 1.94 bits per heavy atom. The Balaban J connectivity index is 2.02. The Morgan fingerprint density at radius 3 is 2.67 bits per heavy atom. The minimum absolute atomic E-state index is 0.475. The van der Waals surface area contributed by atoms with Crippen LogP contribution in [0.5, 0.6) is 0 Å². The second kappa shape index (κ2) is 6.38. The van der Waals surface area contributed by atoms with Gasteiger partial charge in [-0.15, -0.1) is 0 Å². The van der Waals surface area contributed by atoms with Gasteiger partial charge in [0.2, 0.25) is 0 Å². The molecule has 0 aromatic heterocycles. The van der Waals surface area contributed by atoms with E-state index in [0.717, 1.165) is 12.0 Å². The van der Waals surface area contributed by atoms with Crippen LogP contribution < -0.4 is 5.32 Å². The Morgan fingerprint density at radius 1 is 1.22 bits per heavy atom. The zero-order valence-electron chi connectivity index (χ0n) is 12.1. The van der Waals surface area contributed by atoms with Crippen LogP contribution >= 0.6 is 0 Å². The molecule has 1 fully saturated rings. The maximum absolute atomic E-state index is 3.88. The lowest BCUT2D eigenvalue weighted by Crippen LogP contribution is -2.39. The molecule has 1 nitrogen and oxygen atoms in total. The van der Waals surface area contributed by atoms with Gasteiger partial charge in [-0.3, -0.25) is 0 Å². The minimum atomic E-state index is 0.475. The molecule has 2 rings (SSSR count). The van der Waals surface area contributed by atoms with Gasteiger partial charge in [-0.1, -0.05) is 50.5 Å². The van der Waals surface area contributed by atoms with Gasteiger partial charge in [0.05, 0.1) is 0 Å². The third-order valence-corrected chi connectivity index (χ3v) is 4.55. The zero-order valence-corrected chi connectivity index (χ0v) is 12.1. The van der Waals surface area contributed by atoms with E-state index in [-0.39, 0.29) is 0 Å². The predicted molar refractivity (Wildman–Crippen MR) is 78.8 cm³/mol. The van der Waals surface area contributed by atoms with Crippen LogP contribution in [-0.2, 0) is 0 Å². The Bertz CT molecular complexity index is 372. The summed E-state index contributed by atoms with van der Waals surface area (Å²) < 4.78 is 0. The highest BCUT2D eigenvalue weighted by atomic mass is 15.0. The van der Waals surface area contributed by atoms with E-state index in [9.17, 15) is 0 Å². The largest absolute Gasteiger partial charge is 0.307 e. The lowest BCUT2D eigenvalue weighted by Gasteiger charge is -2.34. The van der Waals surface area contributed by atoms with Gasteiger partial charge >= 0.3 is 0 Å². The van der Waals surface area contributed by atoms with Crippen LogP contribution in [0.3, 0.4) is 0 Å². The van der Waals surface area contributed by atoms with Crippen LogP contribution in [-0.4, -0.2) is 6.04 Å². The van der Waals surface area contributed by atoms with E-state index in [0.29, 0.717) is 6.04 Å². The highest BCUT2D eigenvalue weighted by Crippen LogP contribution is 2.29. The van der Waals surface area contributed by atoms with E-state index in [1.807, 2.05) is 0 Å². The van der Waals surface area contributed by atoms with Gasteiger partial charge in [0.1, 0.15) is 0 Å². The van der Waals surface area contributed by atoms with Gasteiger partial charge in [-0.2, -0.15) is 0 Å². The van der Waals surface area contributed by atoms with Gasteiger partial charge in [-0.05, 0) is 43.7 Å². The van der Waals surface area contributed by atoms with Gasteiger partial charge in [0, 0.05) is 12.1 Å². The molecule has 1 heteroatoms. The maximum Gasteiger partial charge on any atom is 0.0297 e. The molecule has 0 amide bonds. The first-order valence-electron chi connectivity index (χ1n) is 7.54. The molecule has 0 saturated heterocycles. The van der Waals surface area contributed by atoms with Crippen molar-refractivity contribution in [2.45, 2.75) is 65.0 Å². The standard InChI is InChI=1S/C17H27N/c1-4-15-10-6-8-12-17(15)18-14(3)16-11-7-5-9-13(16)2/h5,7,9,11,14-15,17-18H,4,6,8,10,12H2,1-3H3/t14-,15?,17?/m1/s1. The first-order chi connectivity index (χ1) is 8.72. The summed E-state index contributed by atoms with van der Waals surface area (Å²) in [5.74, 6) is 0.880. The summed E-state index contributed by atoms with van der Waals surface area (Å²) in [5, 5.41) is 3.88. The first kappa shape index (κ1) is 13.6. The Hall–Kier alpha value is -0.820. The molecule has 100 valence electrons. The van der Waals surface area contributed by atoms with Crippen molar-refractivity contribution >= 4 is 0 Å².